The number of allylic oxidation sites excluding steroid dienone is 1. The molecule has 1 aliphatic rings. The maximum Gasteiger partial charge on any atom is 0.316 e. The minimum absolute atomic E-state index is 0.0339. The zero-order valence-electron chi connectivity index (χ0n) is 12.1. The zero-order chi connectivity index (χ0) is 16.7. The summed E-state index contributed by atoms with van der Waals surface area (Å²) in [6, 6.07) is 5.24. The number of nitro groups is 1. The molecular weight excluding hydrogens is 416 g/mol. The van der Waals surface area contributed by atoms with Crippen molar-refractivity contribution in [3.05, 3.63) is 47.9 Å². The Bertz CT molecular complexity index is 701. The summed E-state index contributed by atoms with van der Waals surface area (Å²) in [6.45, 7) is 3.78. The number of rotatable bonds is 2. The van der Waals surface area contributed by atoms with Crippen molar-refractivity contribution in [2.24, 2.45) is 0 Å². The van der Waals surface area contributed by atoms with Crippen molar-refractivity contribution in [2.45, 2.75) is 38.1 Å². The first-order valence-electron chi connectivity index (χ1n) is 6.61. The molecule has 0 fully saturated rings. The number of benzene rings is 1. The highest BCUT2D eigenvalue weighted by molar-refractivity contribution is 9.11. The molecule has 1 aromatic carbocycles. The van der Waals surface area contributed by atoms with E-state index in [1.807, 2.05) is 19.9 Å². The van der Waals surface area contributed by atoms with Gasteiger partial charge in [0, 0.05) is 4.92 Å². The van der Waals surface area contributed by atoms with Crippen LogP contribution in [0.25, 0.3) is 0 Å². The topological polar surface area (TPSA) is 87.2 Å². The zero-order valence-corrected chi connectivity index (χ0v) is 15.2. The Labute approximate surface area is 145 Å². The van der Waals surface area contributed by atoms with Gasteiger partial charge in [-0.3, -0.25) is 10.1 Å². The van der Waals surface area contributed by atoms with Gasteiger partial charge in [0.25, 0.3) is 0 Å². The van der Waals surface area contributed by atoms with Gasteiger partial charge in [-0.1, -0.05) is 11.1 Å². The monoisotopic (exact) mass is 428 g/mol. The Hall–Kier alpha value is -1.39. The van der Waals surface area contributed by atoms with E-state index in [4.69, 9.17) is 0 Å². The minimum Gasteiger partial charge on any atom is -0.506 e. The van der Waals surface area contributed by atoms with Gasteiger partial charge in [0.1, 0.15) is 11.8 Å². The second-order valence-corrected chi connectivity index (χ2v) is 7.33. The maximum atomic E-state index is 11.7. The lowest BCUT2D eigenvalue weighted by molar-refractivity contribution is -0.557. The molecule has 0 saturated heterocycles. The fraction of sp³-hybridized carbons (Fsp3) is 0.400. The number of hydrogen-bond acceptors (Lipinski definition) is 4. The summed E-state index contributed by atoms with van der Waals surface area (Å²) in [4.78, 5) is 11.2. The van der Waals surface area contributed by atoms with E-state index >= 15 is 0 Å². The molecule has 116 valence electrons. The van der Waals surface area contributed by atoms with Crippen LogP contribution in [-0.2, 0) is 0 Å². The van der Waals surface area contributed by atoms with Gasteiger partial charge in [0.05, 0.1) is 21.3 Å². The van der Waals surface area contributed by atoms with Gasteiger partial charge in [0.15, 0.2) is 0 Å². The Morgan fingerprint density at radius 1 is 1.36 bits per heavy atom. The van der Waals surface area contributed by atoms with Crippen molar-refractivity contribution in [1.29, 1.82) is 5.26 Å². The van der Waals surface area contributed by atoms with Crippen LogP contribution in [0.15, 0.2) is 32.2 Å². The van der Waals surface area contributed by atoms with Crippen molar-refractivity contribution in [2.75, 3.05) is 0 Å². The molecule has 22 heavy (non-hydrogen) atoms. The average molecular weight is 430 g/mol. The summed E-state index contributed by atoms with van der Waals surface area (Å²) in [5, 5.41) is 31.0. The predicted octanol–water partition coefficient (Wildman–Crippen LogP) is 4.67. The number of phenols is 1. The summed E-state index contributed by atoms with van der Waals surface area (Å²) >= 11 is 6.48. The highest BCUT2D eigenvalue weighted by Crippen LogP contribution is 2.47. The number of hydrogen-bond donors (Lipinski definition) is 1. The van der Waals surface area contributed by atoms with E-state index < -0.39 is 16.4 Å². The van der Waals surface area contributed by atoms with Gasteiger partial charge in [-0.15, -0.1) is 0 Å². The molecule has 1 aromatic rings. The molecule has 0 saturated carbocycles. The molecule has 1 aliphatic carbocycles. The molecule has 1 N–H and O–H groups in total. The highest BCUT2D eigenvalue weighted by Gasteiger charge is 2.54. The second kappa shape index (κ2) is 6.01. The van der Waals surface area contributed by atoms with E-state index in [-0.39, 0.29) is 12.2 Å². The van der Waals surface area contributed by atoms with E-state index in [0.29, 0.717) is 20.9 Å². The van der Waals surface area contributed by atoms with E-state index in [2.05, 4.69) is 31.9 Å². The molecule has 7 heteroatoms. The van der Waals surface area contributed by atoms with Crippen LogP contribution in [0.2, 0.25) is 0 Å². The van der Waals surface area contributed by atoms with Crippen LogP contribution < -0.4 is 0 Å². The standard InChI is InChI=1S/C15H14Br2N2O3/c1-8-3-11(10-4-12(16)14(20)13(17)5-10)15(7-18,19(21)22)6-9(8)2/h4-5,11,20H,3,6H2,1-2H3/t11-,15-/m1/s1. The molecule has 0 spiro atoms. The normalized spacial score (nSPS) is 25.0. The predicted molar refractivity (Wildman–Crippen MR) is 89.2 cm³/mol. The first kappa shape index (κ1) is 17.0. The first-order chi connectivity index (χ1) is 10.2. The Morgan fingerprint density at radius 2 is 1.91 bits per heavy atom. The number of nitrogens with zero attached hydrogens (tertiary/aromatic N) is 2. The van der Waals surface area contributed by atoms with Crippen LogP contribution in [0, 0.1) is 21.4 Å². The van der Waals surface area contributed by atoms with Crippen molar-refractivity contribution in [3.8, 4) is 11.8 Å². The lowest BCUT2D eigenvalue weighted by Gasteiger charge is -2.33. The van der Waals surface area contributed by atoms with Gasteiger partial charge in [0.2, 0.25) is 0 Å². The Morgan fingerprint density at radius 3 is 2.36 bits per heavy atom. The molecule has 0 aliphatic heterocycles. The largest absolute Gasteiger partial charge is 0.506 e. The second-order valence-electron chi connectivity index (χ2n) is 5.62. The SMILES string of the molecule is CC1=C(C)C[C@](C#N)([N+](=O)[O-])[C@@H](c2cc(Br)c(O)c(Br)c2)C1. The van der Waals surface area contributed by atoms with Gasteiger partial charge in [-0.2, -0.15) is 5.26 Å². The Kier molecular flexibility index (Phi) is 4.64. The number of phenolic OH excluding ortho intramolecular Hbond substituents is 1. The lowest BCUT2D eigenvalue weighted by Crippen LogP contribution is -2.45. The van der Waals surface area contributed by atoms with Crippen LogP contribution in [0.4, 0.5) is 0 Å². The van der Waals surface area contributed by atoms with Gasteiger partial charge >= 0.3 is 5.54 Å². The van der Waals surface area contributed by atoms with Crippen molar-refractivity contribution >= 4 is 31.9 Å². The lowest BCUT2D eigenvalue weighted by atomic mass is 9.69. The molecule has 0 amide bonds. The van der Waals surface area contributed by atoms with Crippen molar-refractivity contribution < 1.29 is 10.0 Å². The summed E-state index contributed by atoms with van der Waals surface area (Å²) in [5.74, 6) is -0.531. The van der Waals surface area contributed by atoms with E-state index in [1.165, 1.54) is 0 Å². The van der Waals surface area contributed by atoms with Crippen LogP contribution in [0.5, 0.6) is 5.75 Å². The van der Waals surface area contributed by atoms with E-state index in [0.717, 1.165) is 11.1 Å². The molecule has 2 rings (SSSR count). The molecule has 0 heterocycles. The van der Waals surface area contributed by atoms with Gasteiger partial charge in [-0.05, 0) is 69.8 Å². The summed E-state index contributed by atoms with van der Waals surface area (Å²) in [5.41, 5.74) is 0.936. The maximum absolute atomic E-state index is 11.7. The highest BCUT2D eigenvalue weighted by atomic mass is 79.9. The quantitative estimate of drug-likeness (QED) is 0.420. The minimum atomic E-state index is -1.68. The molecule has 2 atom stereocenters. The third-order valence-electron chi connectivity index (χ3n) is 4.31. The van der Waals surface area contributed by atoms with E-state index in [9.17, 15) is 20.5 Å². The first-order valence-corrected chi connectivity index (χ1v) is 8.20. The fourth-order valence-electron chi connectivity index (χ4n) is 2.86. The van der Waals surface area contributed by atoms with Gasteiger partial charge in [-0.25, -0.2) is 0 Å². The van der Waals surface area contributed by atoms with Crippen LogP contribution in [0.3, 0.4) is 0 Å². The fourth-order valence-corrected chi connectivity index (χ4v) is 4.08. The third-order valence-corrected chi connectivity index (χ3v) is 5.52. The van der Waals surface area contributed by atoms with Crippen molar-refractivity contribution in [3.63, 3.8) is 0 Å². The number of aromatic hydroxyl groups is 1. The summed E-state index contributed by atoms with van der Waals surface area (Å²) < 4.78 is 0.881. The Balaban J connectivity index is 2.65. The average Bonchev–Trinajstić information content (AvgIpc) is 2.46. The van der Waals surface area contributed by atoms with Crippen LogP contribution in [0.1, 0.15) is 38.2 Å². The van der Waals surface area contributed by atoms with Crippen LogP contribution >= 0.6 is 31.9 Å². The van der Waals surface area contributed by atoms with Gasteiger partial charge < -0.3 is 5.11 Å². The summed E-state index contributed by atoms with van der Waals surface area (Å²) in [7, 11) is 0. The number of nitriles is 1. The van der Waals surface area contributed by atoms with E-state index in [1.54, 1.807) is 12.1 Å². The molecular formula is C15H14Br2N2O3. The summed E-state index contributed by atoms with van der Waals surface area (Å²) in [6.07, 6.45) is 0.563. The molecule has 5 nitrogen and oxygen atoms in total. The van der Waals surface area contributed by atoms with Crippen LogP contribution in [-0.4, -0.2) is 15.6 Å². The smallest absolute Gasteiger partial charge is 0.316 e. The van der Waals surface area contributed by atoms with Crippen molar-refractivity contribution in [1.82, 2.24) is 0 Å². The molecule has 0 unspecified atom stereocenters. The third kappa shape index (κ3) is 2.66. The molecule has 0 aromatic heterocycles. The molecule has 0 radical (unpaired) electrons. The number of halogens is 2. The molecule has 0 bridgehead atoms.